The van der Waals surface area contributed by atoms with E-state index in [-0.39, 0.29) is 37.3 Å². The van der Waals surface area contributed by atoms with E-state index in [4.69, 9.17) is 9.47 Å². The molecule has 54 heavy (non-hydrogen) atoms. The minimum Gasteiger partial charge on any atom is -0.493 e. The number of nitrogens with zero attached hydrogens (tertiary/aromatic N) is 1. The van der Waals surface area contributed by atoms with Crippen molar-refractivity contribution in [3.8, 4) is 5.75 Å². The zero-order chi connectivity index (χ0) is 39.8. The summed E-state index contributed by atoms with van der Waals surface area (Å²) in [6, 6.07) is 6.34. The van der Waals surface area contributed by atoms with Crippen LogP contribution in [0.5, 0.6) is 5.75 Å². The molecule has 0 radical (unpaired) electrons. The van der Waals surface area contributed by atoms with E-state index < -0.39 is 37.2 Å². The van der Waals surface area contributed by atoms with Crippen LogP contribution < -0.4 is 4.74 Å². The number of aliphatic hydroxyl groups is 2. The monoisotopic (exact) mass is 827 g/mol. The van der Waals surface area contributed by atoms with E-state index in [1.54, 1.807) is 10.8 Å². The van der Waals surface area contributed by atoms with Crippen molar-refractivity contribution in [2.45, 2.75) is 107 Å². The van der Waals surface area contributed by atoms with Crippen molar-refractivity contribution >= 4 is 21.6 Å². The summed E-state index contributed by atoms with van der Waals surface area (Å²) in [5.41, 5.74) is -3.91. The molecular formula is C37H54F9NO5S2. The molecule has 2 N–H and O–H groups in total. The summed E-state index contributed by atoms with van der Waals surface area (Å²) in [5, 5.41) is 18.4. The first-order valence-corrected chi connectivity index (χ1v) is 21.2. The maximum atomic E-state index is 13.2. The quantitative estimate of drug-likeness (QED) is 0.0723. The smallest absolute Gasteiger partial charge is 0.435 e. The number of ether oxygens (including phenoxy) is 3. The Morgan fingerprint density at radius 1 is 0.833 bits per heavy atom. The van der Waals surface area contributed by atoms with Crippen LogP contribution in [-0.4, -0.2) is 110 Å². The Labute approximate surface area is 320 Å². The van der Waals surface area contributed by atoms with Crippen molar-refractivity contribution < 1.29 is 63.9 Å². The number of fused-ring (bicyclic) bond motifs is 5. The minimum absolute atomic E-state index is 0.0229. The second kappa shape index (κ2) is 19.6. The summed E-state index contributed by atoms with van der Waals surface area (Å²) in [6.07, 6.45) is -13.1. The summed E-state index contributed by atoms with van der Waals surface area (Å²) in [5.74, 6) is 3.77. The SMILES string of the molecule is CN(CCCSSCCOc1ccc2c(c1)CCC1C2CCC2(C)C(OCCCOC(C(F)(F)F)(C(F)(F)F)C(F)(F)F)CCC12)CCCC(CO)CO. The van der Waals surface area contributed by atoms with E-state index in [2.05, 4.69) is 35.7 Å². The van der Waals surface area contributed by atoms with E-state index in [0.29, 0.717) is 30.8 Å². The molecule has 4 rings (SSSR count). The topological polar surface area (TPSA) is 71.4 Å². The van der Waals surface area contributed by atoms with E-state index in [1.165, 1.54) is 11.1 Å². The minimum atomic E-state index is -6.74. The summed E-state index contributed by atoms with van der Waals surface area (Å²) < 4.78 is 134. The molecule has 0 aliphatic heterocycles. The molecule has 2 fully saturated rings. The van der Waals surface area contributed by atoms with E-state index >= 15 is 0 Å². The first-order chi connectivity index (χ1) is 25.4. The second-order valence-corrected chi connectivity index (χ2v) is 17.9. The summed E-state index contributed by atoms with van der Waals surface area (Å²) in [6.45, 7) is 2.97. The molecule has 5 unspecified atom stereocenters. The molecule has 3 aliphatic rings. The number of halogens is 9. The van der Waals surface area contributed by atoms with Gasteiger partial charge in [-0.05, 0) is 131 Å². The fourth-order valence-electron chi connectivity index (χ4n) is 8.82. The number of aliphatic hydroxyl groups excluding tert-OH is 2. The van der Waals surface area contributed by atoms with Crippen LogP contribution in [0.4, 0.5) is 39.5 Å². The predicted octanol–water partition coefficient (Wildman–Crippen LogP) is 9.22. The van der Waals surface area contributed by atoms with Crippen molar-refractivity contribution in [1.82, 2.24) is 4.90 Å². The Hall–Kier alpha value is -1.11. The van der Waals surface area contributed by atoms with Crippen LogP contribution in [-0.2, 0) is 15.9 Å². The van der Waals surface area contributed by atoms with E-state index in [0.717, 1.165) is 81.7 Å². The van der Waals surface area contributed by atoms with Gasteiger partial charge in [0.15, 0.2) is 0 Å². The molecule has 0 aromatic heterocycles. The van der Waals surface area contributed by atoms with Gasteiger partial charge in [0, 0.05) is 37.2 Å². The molecule has 0 spiro atoms. The van der Waals surface area contributed by atoms with Crippen LogP contribution in [0.15, 0.2) is 18.2 Å². The Morgan fingerprint density at radius 3 is 2.17 bits per heavy atom. The van der Waals surface area contributed by atoms with Crippen LogP contribution in [0, 0.1) is 23.2 Å². The average molecular weight is 828 g/mol. The number of benzene rings is 1. The molecule has 1 aromatic rings. The molecule has 0 heterocycles. The van der Waals surface area contributed by atoms with Gasteiger partial charge >= 0.3 is 24.1 Å². The molecule has 0 amide bonds. The predicted molar refractivity (Wildman–Crippen MR) is 192 cm³/mol. The van der Waals surface area contributed by atoms with Crippen molar-refractivity contribution in [3.63, 3.8) is 0 Å². The number of alkyl halides is 9. The lowest BCUT2D eigenvalue weighted by Crippen LogP contribution is -2.67. The van der Waals surface area contributed by atoms with Crippen molar-refractivity contribution in [1.29, 1.82) is 0 Å². The molecule has 3 aliphatic carbocycles. The summed E-state index contributed by atoms with van der Waals surface area (Å²) in [7, 11) is 5.72. The lowest BCUT2D eigenvalue weighted by atomic mass is 9.55. The third-order valence-electron chi connectivity index (χ3n) is 11.7. The molecule has 17 heteroatoms. The van der Waals surface area contributed by atoms with Crippen molar-refractivity contribution in [2.24, 2.45) is 23.2 Å². The number of rotatable bonds is 21. The molecule has 5 atom stereocenters. The maximum Gasteiger partial charge on any atom is 0.435 e. The molecule has 0 saturated heterocycles. The van der Waals surface area contributed by atoms with Gasteiger partial charge in [0.05, 0.1) is 19.3 Å². The van der Waals surface area contributed by atoms with Crippen molar-refractivity contribution in [3.05, 3.63) is 29.3 Å². The van der Waals surface area contributed by atoms with Gasteiger partial charge in [-0.2, -0.15) is 39.5 Å². The number of aryl methyl sites for hydroxylation is 1. The Morgan fingerprint density at radius 2 is 1.50 bits per heavy atom. The Balaban J connectivity index is 1.17. The lowest BCUT2D eigenvalue weighted by molar-refractivity contribution is -0.457. The van der Waals surface area contributed by atoms with Crippen LogP contribution in [0.3, 0.4) is 0 Å². The first-order valence-electron chi connectivity index (χ1n) is 18.8. The lowest BCUT2D eigenvalue weighted by Gasteiger charge is -2.50. The standard InChI is InChI=1S/C37H54F9NO5S2/c1-33-14-13-29-28-10-8-27(50-19-21-54-53-20-4-16-47(2)15-3-6-25(23-48)24-49)22-26(28)7-9-30(29)31(33)11-12-32(33)51-17-5-18-52-34(35(38,39)40,36(41,42)43)37(44,45)46/h8,10,22,25,29-32,48-49H,3-7,9,11-21,23-24H2,1-2H3. The number of hydrogen-bond donors (Lipinski definition) is 2. The van der Waals surface area contributed by atoms with Crippen LogP contribution in [0.2, 0.25) is 0 Å². The third kappa shape index (κ3) is 10.7. The first kappa shape index (κ1) is 45.6. The van der Waals surface area contributed by atoms with Crippen LogP contribution in [0.1, 0.15) is 81.8 Å². The average Bonchev–Trinajstić information content (AvgIpc) is 3.43. The van der Waals surface area contributed by atoms with Gasteiger partial charge in [0.25, 0.3) is 0 Å². The fourth-order valence-corrected chi connectivity index (χ4v) is 10.7. The molecule has 0 bridgehead atoms. The normalized spacial score (nSPS) is 24.9. The highest BCUT2D eigenvalue weighted by atomic mass is 33.1. The summed E-state index contributed by atoms with van der Waals surface area (Å²) >= 11 is 0. The summed E-state index contributed by atoms with van der Waals surface area (Å²) in [4.78, 5) is 2.28. The fraction of sp³-hybridized carbons (Fsp3) is 0.838. The highest BCUT2D eigenvalue weighted by Gasteiger charge is 2.85. The molecule has 2 saturated carbocycles. The molecular weight excluding hydrogens is 774 g/mol. The number of hydrogen-bond acceptors (Lipinski definition) is 8. The van der Waals surface area contributed by atoms with E-state index in [1.807, 2.05) is 16.9 Å². The molecule has 6 nitrogen and oxygen atoms in total. The van der Waals surface area contributed by atoms with E-state index in [9.17, 15) is 49.7 Å². The Kier molecular flexibility index (Phi) is 16.5. The highest BCUT2D eigenvalue weighted by Crippen LogP contribution is 2.62. The van der Waals surface area contributed by atoms with Gasteiger partial charge in [0.2, 0.25) is 0 Å². The van der Waals surface area contributed by atoms with Crippen LogP contribution in [0.25, 0.3) is 0 Å². The van der Waals surface area contributed by atoms with Gasteiger partial charge in [-0.1, -0.05) is 34.6 Å². The van der Waals surface area contributed by atoms with Gasteiger partial charge in [-0.15, -0.1) is 0 Å². The van der Waals surface area contributed by atoms with Gasteiger partial charge in [-0.25, -0.2) is 0 Å². The van der Waals surface area contributed by atoms with Gasteiger partial charge < -0.3 is 29.3 Å². The Bertz CT molecular complexity index is 1260. The maximum absolute atomic E-state index is 13.2. The van der Waals surface area contributed by atoms with Crippen molar-refractivity contribution in [2.75, 3.05) is 64.7 Å². The van der Waals surface area contributed by atoms with Gasteiger partial charge in [0.1, 0.15) is 5.75 Å². The molecule has 1 aromatic carbocycles. The zero-order valence-corrected chi connectivity index (χ0v) is 32.5. The van der Waals surface area contributed by atoms with Crippen LogP contribution >= 0.6 is 21.6 Å². The zero-order valence-electron chi connectivity index (χ0n) is 30.8. The molecule has 312 valence electrons. The highest BCUT2D eigenvalue weighted by molar-refractivity contribution is 8.76. The second-order valence-electron chi connectivity index (χ2n) is 15.2. The third-order valence-corrected chi connectivity index (χ3v) is 14.1. The van der Waals surface area contributed by atoms with Gasteiger partial charge in [-0.3, -0.25) is 0 Å². The largest absolute Gasteiger partial charge is 0.493 e.